The van der Waals surface area contributed by atoms with Gasteiger partial charge >= 0.3 is 0 Å². The Bertz CT molecular complexity index is 525. The summed E-state index contributed by atoms with van der Waals surface area (Å²) < 4.78 is 24.0. The van der Waals surface area contributed by atoms with Gasteiger partial charge in [-0.2, -0.15) is 0 Å². The van der Waals surface area contributed by atoms with Crippen LogP contribution in [0.4, 0.5) is 0 Å². The third-order valence-electron chi connectivity index (χ3n) is 2.77. The van der Waals surface area contributed by atoms with E-state index in [0.29, 0.717) is 23.3 Å². The van der Waals surface area contributed by atoms with Gasteiger partial charge in [0.2, 0.25) is 0 Å². The lowest BCUT2D eigenvalue weighted by Crippen LogP contribution is -2.35. The second-order valence-corrected chi connectivity index (χ2v) is 7.12. The van der Waals surface area contributed by atoms with Crippen LogP contribution in [0, 0.1) is 5.92 Å². The van der Waals surface area contributed by atoms with Gasteiger partial charge in [0.05, 0.1) is 10.6 Å². The summed E-state index contributed by atoms with van der Waals surface area (Å²) in [5.41, 5.74) is 5.67. The van der Waals surface area contributed by atoms with Crippen molar-refractivity contribution < 1.29 is 8.42 Å². The van der Waals surface area contributed by atoms with Gasteiger partial charge in [0, 0.05) is 13.1 Å². The van der Waals surface area contributed by atoms with Crippen LogP contribution >= 0.6 is 0 Å². The smallest absolute Gasteiger partial charge is 0.188 e. The molecule has 0 aliphatic carbocycles. The molecule has 1 rings (SSSR count). The van der Waals surface area contributed by atoms with Crippen molar-refractivity contribution in [1.82, 2.24) is 5.32 Å². The summed E-state index contributed by atoms with van der Waals surface area (Å²) in [7, 11) is -3.26. The Kier molecular flexibility index (Phi) is 6.51. The van der Waals surface area contributed by atoms with Crippen molar-refractivity contribution in [2.75, 3.05) is 18.8 Å². The number of rotatable bonds is 7. The van der Waals surface area contributed by atoms with Gasteiger partial charge in [-0.15, -0.1) is 0 Å². The number of sulfone groups is 1. The van der Waals surface area contributed by atoms with Crippen LogP contribution in [0.2, 0.25) is 0 Å². The summed E-state index contributed by atoms with van der Waals surface area (Å²) >= 11 is 0. The summed E-state index contributed by atoms with van der Waals surface area (Å²) in [5.74, 6) is 0.871. The Morgan fingerprint density at radius 2 is 1.95 bits per heavy atom. The fourth-order valence-electron chi connectivity index (χ4n) is 1.56. The van der Waals surface area contributed by atoms with Crippen LogP contribution in [0.3, 0.4) is 0 Å². The molecule has 0 aliphatic rings. The topological polar surface area (TPSA) is 84.5 Å². The average Bonchev–Trinajstić information content (AvgIpc) is 2.39. The maximum Gasteiger partial charge on any atom is 0.188 e. The van der Waals surface area contributed by atoms with Crippen LogP contribution in [-0.4, -0.2) is 33.2 Å². The van der Waals surface area contributed by atoms with Gasteiger partial charge in [-0.05, 0) is 24.5 Å². The third-order valence-corrected chi connectivity index (χ3v) is 4.50. The van der Waals surface area contributed by atoms with E-state index >= 15 is 0 Å². The molecule has 0 unspecified atom stereocenters. The standard InChI is InChI=1S/C14H23N3O2S/c1-12(2)8-9-16-14(15)17-10-11-20(18,19)13-6-4-3-5-7-13/h3-7,12H,8-11H2,1-2H3,(H3,15,16,17). The number of nitrogens with zero attached hydrogens (tertiary/aromatic N) is 1. The Morgan fingerprint density at radius 3 is 2.55 bits per heavy atom. The van der Waals surface area contributed by atoms with Crippen molar-refractivity contribution >= 4 is 15.8 Å². The summed E-state index contributed by atoms with van der Waals surface area (Å²) in [6.45, 7) is 5.15. The molecule has 3 N–H and O–H groups in total. The summed E-state index contributed by atoms with van der Waals surface area (Å²) in [6.07, 6.45) is 0.963. The van der Waals surface area contributed by atoms with Gasteiger partial charge in [0.15, 0.2) is 15.8 Å². The first-order valence-electron chi connectivity index (χ1n) is 6.73. The molecule has 0 heterocycles. The van der Waals surface area contributed by atoms with Gasteiger partial charge in [0.25, 0.3) is 0 Å². The highest BCUT2D eigenvalue weighted by molar-refractivity contribution is 7.91. The molecule has 1 aromatic rings. The first kappa shape index (κ1) is 16.5. The molecule has 112 valence electrons. The normalized spacial score (nSPS) is 12.7. The number of guanidine groups is 1. The fraction of sp³-hybridized carbons (Fsp3) is 0.500. The first-order chi connectivity index (χ1) is 9.42. The molecule has 0 saturated carbocycles. The maximum absolute atomic E-state index is 12.0. The number of benzene rings is 1. The molecular weight excluding hydrogens is 274 g/mol. The number of aliphatic imine (C=N–C) groups is 1. The minimum Gasteiger partial charge on any atom is -0.370 e. The lowest BCUT2D eigenvalue weighted by atomic mass is 10.1. The largest absolute Gasteiger partial charge is 0.370 e. The van der Waals surface area contributed by atoms with Crippen molar-refractivity contribution in [2.45, 2.75) is 25.2 Å². The zero-order valence-electron chi connectivity index (χ0n) is 12.0. The lowest BCUT2D eigenvalue weighted by molar-refractivity contribution is 0.593. The molecule has 1 aromatic carbocycles. The number of nitrogens with two attached hydrogens (primary N) is 1. The third kappa shape index (κ3) is 6.06. The lowest BCUT2D eigenvalue weighted by Gasteiger charge is -2.07. The second kappa shape index (κ2) is 7.89. The van der Waals surface area contributed by atoms with Crippen LogP contribution in [0.25, 0.3) is 0 Å². The van der Waals surface area contributed by atoms with E-state index in [1.54, 1.807) is 30.3 Å². The van der Waals surface area contributed by atoms with Gasteiger partial charge < -0.3 is 11.1 Å². The zero-order valence-corrected chi connectivity index (χ0v) is 12.9. The minimum absolute atomic E-state index is 0.00257. The van der Waals surface area contributed by atoms with Crippen molar-refractivity contribution in [3.8, 4) is 0 Å². The van der Waals surface area contributed by atoms with Crippen molar-refractivity contribution in [1.29, 1.82) is 0 Å². The Balaban J connectivity index is 2.40. The summed E-state index contributed by atoms with van der Waals surface area (Å²) in [6, 6.07) is 8.39. The van der Waals surface area contributed by atoms with E-state index in [-0.39, 0.29) is 12.3 Å². The van der Waals surface area contributed by atoms with Crippen molar-refractivity contribution in [2.24, 2.45) is 16.6 Å². The van der Waals surface area contributed by atoms with Crippen molar-refractivity contribution in [3.63, 3.8) is 0 Å². The first-order valence-corrected chi connectivity index (χ1v) is 8.38. The van der Waals surface area contributed by atoms with Gasteiger partial charge in [-0.1, -0.05) is 32.0 Å². The quantitative estimate of drug-likeness (QED) is 0.588. The predicted octanol–water partition coefficient (Wildman–Crippen LogP) is 1.41. The van der Waals surface area contributed by atoms with Gasteiger partial charge in [-0.25, -0.2) is 8.42 Å². The molecule has 0 spiro atoms. The highest BCUT2D eigenvalue weighted by Gasteiger charge is 2.13. The monoisotopic (exact) mass is 297 g/mol. The van der Waals surface area contributed by atoms with Crippen LogP contribution in [0.15, 0.2) is 40.2 Å². The van der Waals surface area contributed by atoms with Crippen molar-refractivity contribution in [3.05, 3.63) is 30.3 Å². The minimum atomic E-state index is -3.26. The SMILES string of the molecule is CC(C)CCN=C(N)NCCS(=O)(=O)c1ccccc1. The second-order valence-electron chi connectivity index (χ2n) is 5.01. The molecular formula is C14H23N3O2S. The number of hydrogen-bond acceptors (Lipinski definition) is 3. The van der Waals surface area contributed by atoms with Gasteiger partial charge in [0.1, 0.15) is 0 Å². The Labute approximate surface area is 121 Å². The average molecular weight is 297 g/mol. The van der Waals surface area contributed by atoms with E-state index < -0.39 is 9.84 Å². The van der Waals surface area contributed by atoms with E-state index in [9.17, 15) is 8.42 Å². The van der Waals surface area contributed by atoms with Crippen LogP contribution in [-0.2, 0) is 9.84 Å². The molecule has 0 saturated heterocycles. The number of nitrogens with one attached hydrogen (secondary N) is 1. The molecule has 0 atom stereocenters. The Morgan fingerprint density at radius 1 is 1.30 bits per heavy atom. The van der Waals surface area contributed by atoms with Crippen LogP contribution < -0.4 is 11.1 Å². The van der Waals surface area contributed by atoms with E-state index in [1.807, 2.05) is 0 Å². The fourth-order valence-corrected chi connectivity index (χ4v) is 2.74. The maximum atomic E-state index is 12.0. The van der Waals surface area contributed by atoms with Crippen LogP contribution in [0.5, 0.6) is 0 Å². The van der Waals surface area contributed by atoms with Crippen LogP contribution in [0.1, 0.15) is 20.3 Å². The molecule has 5 nitrogen and oxygen atoms in total. The highest BCUT2D eigenvalue weighted by atomic mass is 32.2. The molecule has 0 fully saturated rings. The summed E-state index contributed by atoms with van der Waals surface area (Å²) in [4.78, 5) is 4.48. The van der Waals surface area contributed by atoms with E-state index in [4.69, 9.17) is 5.73 Å². The molecule has 0 amide bonds. The summed E-state index contributed by atoms with van der Waals surface area (Å²) in [5, 5.41) is 2.83. The molecule has 6 heteroatoms. The highest BCUT2D eigenvalue weighted by Crippen LogP contribution is 2.09. The molecule has 20 heavy (non-hydrogen) atoms. The van der Waals surface area contributed by atoms with E-state index in [2.05, 4.69) is 24.2 Å². The zero-order chi connectivity index (χ0) is 15.0. The molecule has 0 aromatic heterocycles. The molecule has 0 radical (unpaired) electrons. The molecule has 0 aliphatic heterocycles. The van der Waals surface area contributed by atoms with E-state index in [1.165, 1.54) is 0 Å². The number of hydrogen-bond donors (Lipinski definition) is 2. The van der Waals surface area contributed by atoms with E-state index in [0.717, 1.165) is 6.42 Å². The molecule has 0 bridgehead atoms. The van der Waals surface area contributed by atoms with Gasteiger partial charge in [-0.3, -0.25) is 4.99 Å². The Hall–Kier alpha value is -1.56. The predicted molar refractivity (Wildman–Crippen MR) is 82.4 cm³/mol.